The van der Waals surface area contributed by atoms with Crippen LogP contribution < -0.4 is 4.74 Å². The number of benzene rings is 2. The lowest BCUT2D eigenvalue weighted by molar-refractivity contribution is 0.0893. The van der Waals surface area contributed by atoms with Crippen molar-refractivity contribution in [3.63, 3.8) is 0 Å². The van der Waals surface area contributed by atoms with Gasteiger partial charge in [-0.2, -0.15) is 5.10 Å². The Morgan fingerprint density at radius 3 is 2.80 bits per heavy atom. The number of hydrogen-bond donors (Lipinski definition) is 1. The second kappa shape index (κ2) is 5.71. The van der Waals surface area contributed by atoms with Crippen LogP contribution in [-0.2, 0) is 6.54 Å². The average Bonchev–Trinajstić information content (AvgIpc) is 2.98. The maximum Gasteiger partial charge on any atom is 0.137 e. The van der Waals surface area contributed by atoms with E-state index >= 15 is 0 Å². The molecular formula is C15H15N3O2. The molecule has 20 heavy (non-hydrogen) atoms. The zero-order valence-electron chi connectivity index (χ0n) is 10.9. The third-order valence-electron chi connectivity index (χ3n) is 3.03. The number of fused-ring (bicyclic) bond motifs is 1. The van der Waals surface area contributed by atoms with E-state index in [1.807, 2.05) is 36.4 Å². The highest BCUT2D eigenvalue weighted by molar-refractivity contribution is 5.83. The molecule has 102 valence electrons. The lowest BCUT2D eigenvalue weighted by Gasteiger charge is -2.12. The summed E-state index contributed by atoms with van der Waals surface area (Å²) in [4.78, 5) is 3.83. The van der Waals surface area contributed by atoms with E-state index in [0.29, 0.717) is 6.54 Å². The van der Waals surface area contributed by atoms with E-state index in [-0.39, 0.29) is 6.61 Å². The van der Waals surface area contributed by atoms with Gasteiger partial charge in [-0.3, -0.25) is 4.68 Å². The van der Waals surface area contributed by atoms with E-state index in [1.54, 1.807) is 11.0 Å². The summed E-state index contributed by atoms with van der Waals surface area (Å²) in [6.07, 6.45) is 2.39. The number of aliphatic hydroxyl groups is 1. The summed E-state index contributed by atoms with van der Waals surface area (Å²) >= 11 is 0. The van der Waals surface area contributed by atoms with Crippen molar-refractivity contribution < 1.29 is 9.84 Å². The van der Waals surface area contributed by atoms with Crippen LogP contribution in [0.15, 0.2) is 55.1 Å². The molecular weight excluding hydrogens is 254 g/mol. The van der Waals surface area contributed by atoms with Crippen molar-refractivity contribution in [2.24, 2.45) is 0 Å². The maximum atomic E-state index is 9.88. The van der Waals surface area contributed by atoms with Gasteiger partial charge in [0.25, 0.3) is 0 Å². The lowest BCUT2D eigenvalue weighted by Crippen LogP contribution is -2.23. The molecule has 0 fully saturated rings. The van der Waals surface area contributed by atoms with Gasteiger partial charge in [-0.1, -0.05) is 30.3 Å². The molecule has 0 radical (unpaired) electrons. The predicted molar refractivity (Wildman–Crippen MR) is 75.5 cm³/mol. The second-order valence-electron chi connectivity index (χ2n) is 4.59. The SMILES string of the molecule is O[C@@H](COc1ccc2ccccc2c1)Cn1cncn1. The molecule has 0 amide bonds. The topological polar surface area (TPSA) is 60.2 Å². The number of nitrogens with zero attached hydrogens (tertiary/aromatic N) is 3. The number of hydrogen-bond acceptors (Lipinski definition) is 4. The van der Waals surface area contributed by atoms with Gasteiger partial charge in [-0.05, 0) is 22.9 Å². The lowest BCUT2D eigenvalue weighted by atomic mass is 10.1. The fraction of sp³-hybridized carbons (Fsp3) is 0.200. The van der Waals surface area contributed by atoms with Crippen LogP contribution in [0.5, 0.6) is 5.75 Å². The van der Waals surface area contributed by atoms with Crippen molar-refractivity contribution in [3.8, 4) is 5.75 Å². The van der Waals surface area contributed by atoms with Crippen molar-refractivity contribution in [3.05, 3.63) is 55.1 Å². The normalized spacial score (nSPS) is 12.4. The van der Waals surface area contributed by atoms with Crippen LogP contribution in [0.4, 0.5) is 0 Å². The number of ether oxygens (including phenoxy) is 1. The van der Waals surface area contributed by atoms with Gasteiger partial charge in [-0.25, -0.2) is 4.98 Å². The zero-order chi connectivity index (χ0) is 13.8. The molecule has 0 saturated carbocycles. The van der Waals surface area contributed by atoms with Crippen molar-refractivity contribution in [2.45, 2.75) is 12.6 Å². The van der Waals surface area contributed by atoms with Crippen molar-refractivity contribution >= 4 is 10.8 Å². The van der Waals surface area contributed by atoms with Crippen molar-refractivity contribution in [1.82, 2.24) is 14.8 Å². The molecule has 0 aliphatic carbocycles. The Balaban J connectivity index is 1.61. The van der Waals surface area contributed by atoms with Gasteiger partial charge in [-0.15, -0.1) is 0 Å². The average molecular weight is 269 g/mol. The Bertz CT molecular complexity index is 682. The van der Waals surface area contributed by atoms with Gasteiger partial charge in [0.05, 0.1) is 6.54 Å². The monoisotopic (exact) mass is 269 g/mol. The number of aromatic nitrogens is 3. The van der Waals surface area contributed by atoms with Gasteiger partial charge in [0.15, 0.2) is 0 Å². The fourth-order valence-electron chi connectivity index (χ4n) is 2.05. The van der Waals surface area contributed by atoms with Gasteiger partial charge in [0.1, 0.15) is 31.1 Å². The van der Waals surface area contributed by atoms with Crippen LogP contribution in [0.3, 0.4) is 0 Å². The first-order chi connectivity index (χ1) is 9.81. The second-order valence-corrected chi connectivity index (χ2v) is 4.59. The molecule has 1 N–H and O–H groups in total. The Morgan fingerprint density at radius 1 is 1.15 bits per heavy atom. The molecule has 0 saturated heterocycles. The molecule has 2 aromatic carbocycles. The fourth-order valence-corrected chi connectivity index (χ4v) is 2.05. The van der Waals surface area contributed by atoms with Gasteiger partial charge in [0.2, 0.25) is 0 Å². The minimum atomic E-state index is -0.622. The molecule has 1 aromatic heterocycles. The first-order valence-corrected chi connectivity index (χ1v) is 6.43. The molecule has 1 heterocycles. The van der Waals surface area contributed by atoms with E-state index in [1.165, 1.54) is 11.7 Å². The number of rotatable bonds is 5. The molecule has 0 aliphatic heterocycles. The molecule has 1 atom stereocenters. The van der Waals surface area contributed by atoms with Gasteiger partial charge in [0, 0.05) is 0 Å². The zero-order valence-corrected chi connectivity index (χ0v) is 10.9. The smallest absolute Gasteiger partial charge is 0.137 e. The minimum Gasteiger partial charge on any atom is -0.491 e. The Hall–Kier alpha value is -2.40. The number of aliphatic hydroxyl groups excluding tert-OH is 1. The van der Waals surface area contributed by atoms with E-state index in [9.17, 15) is 5.11 Å². The van der Waals surface area contributed by atoms with E-state index < -0.39 is 6.10 Å². The molecule has 3 aromatic rings. The molecule has 5 heteroatoms. The van der Waals surface area contributed by atoms with Crippen molar-refractivity contribution in [2.75, 3.05) is 6.61 Å². The van der Waals surface area contributed by atoms with Gasteiger partial charge < -0.3 is 9.84 Å². The van der Waals surface area contributed by atoms with Crippen LogP contribution in [0.25, 0.3) is 10.8 Å². The van der Waals surface area contributed by atoms with Crippen LogP contribution >= 0.6 is 0 Å². The Labute approximate surface area is 116 Å². The predicted octanol–water partition coefficient (Wildman–Crippen LogP) is 1.87. The van der Waals surface area contributed by atoms with Crippen LogP contribution in [0, 0.1) is 0 Å². The summed E-state index contributed by atoms with van der Waals surface area (Å²) in [5.41, 5.74) is 0. The summed E-state index contributed by atoms with van der Waals surface area (Å²) < 4.78 is 7.19. The molecule has 0 bridgehead atoms. The maximum absolute atomic E-state index is 9.88. The molecule has 3 rings (SSSR count). The third-order valence-corrected chi connectivity index (χ3v) is 3.03. The summed E-state index contributed by atoms with van der Waals surface area (Å²) in [5.74, 6) is 0.751. The largest absolute Gasteiger partial charge is 0.491 e. The molecule has 0 spiro atoms. The summed E-state index contributed by atoms with van der Waals surface area (Å²) in [6.45, 7) is 0.589. The van der Waals surface area contributed by atoms with Crippen LogP contribution in [0.1, 0.15) is 0 Å². The Kier molecular flexibility index (Phi) is 3.60. The quantitative estimate of drug-likeness (QED) is 0.768. The molecule has 0 unspecified atom stereocenters. The molecule has 0 aliphatic rings. The third kappa shape index (κ3) is 2.95. The van der Waals surface area contributed by atoms with E-state index in [0.717, 1.165) is 11.1 Å². The summed E-state index contributed by atoms with van der Waals surface area (Å²) in [6, 6.07) is 14.0. The van der Waals surface area contributed by atoms with E-state index in [4.69, 9.17) is 4.74 Å². The Morgan fingerprint density at radius 2 is 2.00 bits per heavy atom. The van der Waals surface area contributed by atoms with Crippen LogP contribution in [-0.4, -0.2) is 32.6 Å². The van der Waals surface area contributed by atoms with Gasteiger partial charge >= 0.3 is 0 Å². The first kappa shape index (κ1) is 12.6. The molecule has 5 nitrogen and oxygen atoms in total. The summed E-state index contributed by atoms with van der Waals surface area (Å²) in [7, 11) is 0. The standard InChI is InChI=1S/C15H15N3O2/c19-14(8-18-11-16-10-17-18)9-20-15-6-5-12-3-1-2-4-13(12)7-15/h1-7,10-11,14,19H,8-9H2/t14-/m1/s1. The highest BCUT2D eigenvalue weighted by Crippen LogP contribution is 2.20. The van der Waals surface area contributed by atoms with Crippen LogP contribution in [0.2, 0.25) is 0 Å². The highest BCUT2D eigenvalue weighted by Gasteiger charge is 2.07. The first-order valence-electron chi connectivity index (χ1n) is 6.43. The van der Waals surface area contributed by atoms with E-state index in [2.05, 4.69) is 16.1 Å². The highest BCUT2D eigenvalue weighted by atomic mass is 16.5. The minimum absolute atomic E-state index is 0.220. The van der Waals surface area contributed by atoms with Crippen molar-refractivity contribution in [1.29, 1.82) is 0 Å². The summed E-state index contributed by atoms with van der Waals surface area (Å²) in [5, 5.41) is 16.1.